The highest BCUT2D eigenvalue weighted by Gasteiger charge is 2.26. The minimum Gasteiger partial charge on any atom is -0.493 e. The van der Waals surface area contributed by atoms with Crippen LogP contribution in [0.4, 0.5) is 0 Å². The van der Waals surface area contributed by atoms with Gasteiger partial charge in [-0.25, -0.2) is 0 Å². The summed E-state index contributed by atoms with van der Waals surface area (Å²) in [5.41, 5.74) is 10.2. The van der Waals surface area contributed by atoms with E-state index in [2.05, 4.69) is 22.0 Å². The minimum absolute atomic E-state index is 0.147. The van der Waals surface area contributed by atoms with E-state index < -0.39 is 0 Å². The van der Waals surface area contributed by atoms with Crippen LogP contribution in [-0.4, -0.2) is 12.4 Å². The molecule has 0 saturated carbocycles. The Labute approximate surface area is 108 Å². The van der Waals surface area contributed by atoms with E-state index in [1.165, 1.54) is 21.2 Å². The Morgan fingerprint density at radius 2 is 2.38 bits per heavy atom. The average Bonchev–Trinajstić information content (AvgIpc) is 2.62. The van der Waals surface area contributed by atoms with Crippen LogP contribution in [0.3, 0.4) is 0 Å². The zero-order valence-corrected chi connectivity index (χ0v) is 11.4. The van der Waals surface area contributed by atoms with Crippen LogP contribution in [0.2, 0.25) is 0 Å². The lowest BCUT2D eigenvalue weighted by Crippen LogP contribution is -2.12. The van der Waals surface area contributed by atoms with Crippen LogP contribution in [0, 0.1) is 0 Å². The predicted octanol–water partition coefficient (Wildman–Crippen LogP) is 3.02. The van der Waals surface area contributed by atoms with E-state index in [1.807, 2.05) is 11.8 Å². The summed E-state index contributed by atoms with van der Waals surface area (Å²) in [4.78, 5) is 0. The first kappa shape index (κ1) is 10.9. The Morgan fingerprint density at radius 1 is 1.50 bits per heavy atom. The minimum atomic E-state index is 0.147. The van der Waals surface area contributed by atoms with Gasteiger partial charge < -0.3 is 10.5 Å². The van der Waals surface area contributed by atoms with Gasteiger partial charge in [-0.15, -0.1) is 0 Å². The number of rotatable bonds is 0. The number of nitrogens with two attached hydrogens (primary N) is 1. The fourth-order valence-electron chi connectivity index (χ4n) is 2.46. The third-order valence-corrected chi connectivity index (χ3v) is 4.93. The maximum Gasteiger partial charge on any atom is 0.127 e. The van der Waals surface area contributed by atoms with Gasteiger partial charge in [0.2, 0.25) is 0 Å². The molecule has 86 valence electrons. The molecule has 1 aromatic rings. The average molecular weight is 300 g/mol. The molecule has 2 aliphatic heterocycles. The number of thioether (sulfide) groups is 1. The Balaban J connectivity index is 2.21. The summed E-state index contributed by atoms with van der Waals surface area (Å²) in [5.74, 6) is 3.28. The van der Waals surface area contributed by atoms with E-state index in [0.717, 1.165) is 36.7 Å². The third kappa shape index (κ3) is 1.67. The predicted molar refractivity (Wildman–Crippen MR) is 71.0 cm³/mol. The van der Waals surface area contributed by atoms with Crippen molar-refractivity contribution in [1.29, 1.82) is 0 Å². The van der Waals surface area contributed by atoms with Gasteiger partial charge >= 0.3 is 0 Å². The molecule has 2 heterocycles. The number of halogens is 1. The number of hydrogen-bond donors (Lipinski definition) is 1. The molecule has 0 amide bonds. The number of ether oxygens (including phenoxy) is 1. The molecule has 0 saturated heterocycles. The Bertz CT molecular complexity index is 436. The van der Waals surface area contributed by atoms with E-state index in [-0.39, 0.29) is 6.04 Å². The van der Waals surface area contributed by atoms with Crippen LogP contribution < -0.4 is 10.5 Å². The van der Waals surface area contributed by atoms with Gasteiger partial charge in [0.15, 0.2) is 0 Å². The second-order valence-corrected chi connectivity index (χ2v) is 6.24. The van der Waals surface area contributed by atoms with Gasteiger partial charge in [0.25, 0.3) is 0 Å². The second-order valence-electron chi connectivity index (χ2n) is 4.29. The molecular weight excluding hydrogens is 286 g/mol. The van der Waals surface area contributed by atoms with Gasteiger partial charge in [-0.05, 0) is 29.4 Å². The molecule has 2 nitrogen and oxygen atoms in total. The molecule has 1 aromatic carbocycles. The smallest absolute Gasteiger partial charge is 0.127 e. The first-order valence-electron chi connectivity index (χ1n) is 5.57. The molecule has 0 unspecified atom stereocenters. The lowest BCUT2D eigenvalue weighted by atomic mass is 9.96. The van der Waals surface area contributed by atoms with Gasteiger partial charge in [-0.1, -0.05) is 15.9 Å². The summed E-state index contributed by atoms with van der Waals surface area (Å²) >= 11 is 5.62. The molecule has 0 bridgehead atoms. The maximum absolute atomic E-state index is 6.24. The summed E-state index contributed by atoms with van der Waals surface area (Å²) in [7, 11) is 0. The monoisotopic (exact) mass is 299 g/mol. The fourth-order valence-corrected chi connectivity index (χ4v) is 4.32. The molecule has 2 N–H and O–H groups in total. The van der Waals surface area contributed by atoms with Crippen molar-refractivity contribution in [3.05, 3.63) is 27.2 Å². The van der Waals surface area contributed by atoms with E-state index in [1.54, 1.807) is 0 Å². The number of benzene rings is 1. The van der Waals surface area contributed by atoms with E-state index in [4.69, 9.17) is 10.5 Å². The number of fused-ring (bicyclic) bond motifs is 3. The van der Waals surface area contributed by atoms with Crippen LogP contribution in [0.25, 0.3) is 0 Å². The van der Waals surface area contributed by atoms with Crippen LogP contribution in [0.15, 0.2) is 10.5 Å². The van der Waals surface area contributed by atoms with Crippen molar-refractivity contribution in [1.82, 2.24) is 0 Å². The van der Waals surface area contributed by atoms with Crippen molar-refractivity contribution >= 4 is 27.7 Å². The molecule has 2 aliphatic rings. The zero-order valence-electron chi connectivity index (χ0n) is 8.96. The normalized spacial score (nSPS) is 23.2. The number of hydrogen-bond acceptors (Lipinski definition) is 3. The van der Waals surface area contributed by atoms with Gasteiger partial charge in [0.1, 0.15) is 5.75 Å². The second kappa shape index (κ2) is 4.24. The lowest BCUT2D eigenvalue weighted by Gasteiger charge is -2.17. The molecule has 3 rings (SSSR count). The maximum atomic E-state index is 6.24. The Hall–Kier alpha value is -0.190. The fraction of sp³-hybridized carbons (Fsp3) is 0.500. The molecule has 0 spiro atoms. The van der Waals surface area contributed by atoms with Crippen molar-refractivity contribution in [2.24, 2.45) is 5.73 Å². The quantitative estimate of drug-likeness (QED) is 0.800. The van der Waals surface area contributed by atoms with Gasteiger partial charge in [0, 0.05) is 28.3 Å². The largest absolute Gasteiger partial charge is 0.493 e. The third-order valence-electron chi connectivity index (χ3n) is 3.26. The van der Waals surface area contributed by atoms with Crippen molar-refractivity contribution < 1.29 is 4.74 Å². The molecule has 0 aromatic heterocycles. The molecule has 16 heavy (non-hydrogen) atoms. The van der Waals surface area contributed by atoms with Crippen LogP contribution in [0.1, 0.15) is 29.2 Å². The lowest BCUT2D eigenvalue weighted by molar-refractivity contribution is 0.354. The van der Waals surface area contributed by atoms with Crippen molar-refractivity contribution in [2.45, 2.75) is 24.6 Å². The van der Waals surface area contributed by atoms with Crippen molar-refractivity contribution in [3.63, 3.8) is 0 Å². The highest BCUT2D eigenvalue weighted by Crippen LogP contribution is 2.43. The van der Waals surface area contributed by atoms with Gasteiger partial charge in [-0.2, -0.15) is 11.8 Å². The van der Waals surface area contributed by atoms with Crippen LogP contribution >= 0.6 is 27.7 Å². The molecule has 0 aliphatic carbocycles. The van der Waals surface area contributed by atoms with Crippen molar-refractivity contribution in [3.8, 4) is 5.75 Å². The van der Waals surface area contributed by atoms with Crippen molar-refractivity contribution in [2.75, 3.05) is 12.4 Å². The highest BCUT2D eigenvalue weighted by molar-refractivity contribution is 9.10. The van der Waals surface area contributed by atoms with E-state index in [9.17, 15) is 0 Å². The molecule has 1 atom stereocenters. The molecular formula is C12H14BrNOS. The topological polar surface area (TPSA) is 35.2 Å². The highest BCUT2D eigenvalue weighted by atomic mass is 79.9. The SMILES string of the molecule is N[C@@H]1CCSCc2c3c(cc(Br)c21)CCO3. The standard InChI is InChI=1S/C12H14BrNOS/c13-9-5-7-1-3-15-12(7)8-6-16-4-2-10(14)11(8)9/h5,10H,1-4,6,14H2/t10-/m1/s1. The molecule has 0 radical (unpaired) electrons. The molecule has 4 heteroatoms. The Morgan fingerprint density at radius 3 is 3.25 bits per heavy atom. The van der Waals surface area contributed by atoms with Crippen LogP contribution in [0.5, 0.6) is 5.75 Å². The van der Waals surface area contributed by atoms with Crippen LogP contribution in [-0.2, 0) is 12.2 Å². The summed E-state index contributed by atoms with van der Waals surface area (Å²) in [6, 6.07) is 2.34. The van der Waals surface area contributed by atoms with E-state index >= 15 is 0 Å². The van der Waals surface area contributed by atoms with Gasteiger partial charge in [0.05, 0.1) is 6.61 Å². The summed E-state index contributed by atoms with van der Waals surface area (Å²) < 4.78 is 6.93. The van der Waals surface area contributed by atoms with E-state index in [0.29, 0.717) is 0 Å². The first-order valence-corrected chi connectivity index (χ1v) is 7.52. The summed E-state index contributed by atoms with van der Waals surface area (Å²) in [5, 5.41) is 0. The molecule has 0 fully saturated rings. The Kier molecular flexibility index (Phi) is 2.90. The summed E-state index contributed by atoms with van der Waals surface area (Å²) in [6.45, 7) is 0.818. The zero-order chi connectivity index (χ0) is 11.1. The first-order chi connectivity index (χ1) is 7.77. The van der Waals surface area contributed by atoms with Gasteiger partial charge in [-0.3, -0.25) is 0 Å². The summed E-state index contributed by atoms with van der Waals surface area (Å²) in [6.07, 6.45) is 2.08.